The number of nitrogens with one attached hydrogen (secondary N) is 18. The van der Waals surface area contributed by atoms with Crippen LogP contribution in [-0.4, -0.2) is 315 Å². The summed E-state index contributed by atoms with van der Waals surface area (Å²) >= 11 is 8.91. The van der Waals surface area contributed by atoms with E-state index in [1.165, 1.54) is 67.3 Å². The van der Waals surface area contributed by atoms with Crippen molar-refractivity contribution in [1.82, 2.24) is 90.0 Å². The van der Waals surface area contributed by atoms with Gasteiger partial charge in [-0.3, -0.25) is 87.5 Å². The number of thiol groups is 2. The van der Waals surface area contributed by atoms with Crippen LogP contribution in [0.3, 0.4) is 0 Å². The molecule has 1 aliphatic heterocycles. The van der Waals surface area contributed by atoms with E-state index in [4.69, 9.17) is 62.4 Å². The van der Waals surface area contributed by atoms with E-state index in [1.807, 2.05) is 0 Å². The molecule has 2 aromatic rings. The Labute approximate surface area is 812 Å². The Morgan fingerprint density at radius 2 is 0.790 bits per heavy atom. The van der Waals surface area contributed by atoms with Gasteiger partial charge in [-0.2, -0.15) is 25.3 Å². The van der Waals surface area contributed by atoms with Crippen LogP contribution >= 0.6 is 25.3 Å². The minimum atomic E-state index is -1.99. The number of aliphatic carboxylic acids is 1. The van der Waals surface area contributed by atoms with Gasteiger partial charge in [0.05, 0.1) is 24.7 Å². The molecule has 50 nitrogen and oxygen atoms in total. The van der Waals surface area contributed by atoms with E-state index in [9.17, 15) is 107 Å². The van der Waals surface area contributed by atoms with Crippen molar-refractivity contribution in [1.29, 1.82) is 10.8 Å². The zero-order valence-corrected chi connectivity index (χ0v) is 80.8. The van der Waals surface area contributed by atoms with Crippen LogP contribution in [0.5, 0.6) is 11.5 Å². The molecule has 0 bridgehead atoms. The van der Waals surface area contributed by atoms with Crippen molar-refractivity contribution in [2.24, 2.45) is 63.4 Å². The number of likely N-dealkylation sites (tertiary alicyclic amines) is 1. The molecule has 0 aromatic heterocycles. The summed E-state index contributed by atoms with van der Waals surface area (Å²) in [7, 11) is 0. The van der Waals surface area contributed by atoms with E-state index in [0.717, 1.165) is 6.92 Å². The molecule has 16 amide bonds. The number of hydrogen-bond acceptors (Lipinski definition) is 31. The molecule has 19 atom stereocenters. The van der Waals surface area contributed by atoms with Crippen molar-refractivity contribution in [3.8, 4) is 11.5 Å². The van der Waals surface area contributed by atoms with Gasteiger partial charge in [-0.1, -0.05) is 58.4 Å². The highest BCUT2D eigenvalue weighted by atomic mass is 32.1. The highest BCUT2D eigenvalue weighted by Crippen LogP contribution is 2.24. The molecule has 0 saturated carbocycles. The van der Waals surface area contributed by atoms with Crippen LogP contribution in [0.1, 0.15) is 162 Å². The van der Waals surface area contributed by atoms with Gasteiger partial charge in [0.1, 0.15) is 102 Å². The first kappa shape index (κ1) is 120. The zero-order chi connectivity index (χ0) is 104. The number of carboxylic acid groups (broad SMARTS) is 1. The van der Waals surface area contributed by atoms with E-state index >= 15 is 0 Å². The molecule has 1 saturated heterocycles. The average molecular weight is 1990 g/mol. The standard InChI is InChI=1S/C86H146N28O22S2/c1-8-44(4)65(111-78(130)62-39-50(118)41-114(62)82(134)64(93)43(2)3)79(131)105-52(16-10-12-31-88)69(121)107-58(37-46-19-23-48(116)24-20-46)76(128)113-67(86(6,7)138)81(133)108-59(40-63(92)119)75(127)102-53(17-13-35-98-84(94)95)68(120)103-57(29-34-91)74(126)112-66(45(5)115)80(132)106-56(28-33-90)73(125)100-51(15-9-11-30-87)71(123)110-61(42-137)77(129)104-55(27-32-89)72(124)101-54(18-14-36-99-85(96)97)70(122)109-60(83(135)136)38-47-21-25-49(117)26-22-47/h19-26,43-45,50-62,64-67,115-118,137-138H,8-18,27-42,87-91,93H2,1-7H3,(H2,92,119)(H,100,125)(H,101,124)(H,102,127)(H,103,120)(H,104,129)(H,105,131)(H,106,132)(H,107,121)(H,108,133)(H,109,122)(H,110,123)(H,111,130)(H,112,126)(H,113,128)(H,135,136)(H4,94,95,98)(H4,96,97,99)/t44-,45+,50+,51-,52-,53-,54-,55-,56+,57-,58-,59-,60-,61-,62-,64-,65-,66-,67+/m0/s1. The molecule has 0 radical (unpaired) electrons. The number of rotatable bonds is 64. The fourth-order valence-corrected chi connectivity index (χ4v) is 14.8. The van der Waals surface area contributed by atoms with Gasteiger partial charge in [0, 0.05) is 49.4 Å². The summed E-state index contributed by atoms with van der Waals surface area (Å²) in [6, 6.07) is -14.1. The first-order chi connectivity index (χ1) is 65.0. The van der Waals surface area contributed by atoms with Crippen LogP contribution in [-0.2, 0) is 94.3 Å². The predicted octanol–water partition coefficient (Wildman–Crippen LogP) is -9.53. The SMILES string of the molecule is CC[C@H](C)[C@H](NC(=O)[C@@H]1C[C@@H](O)CN1C(=O)[C@@H](N)C(C)C)C(=O)N[C@@H](CCCCN)C(=O)N[C@@H](Cc1ccc(O)cc1)C(=O)N[C@H](C(=O)N[C@@H](CC(N)=O)C(=O)N[C@@H](CCCNC(=N)N)C(=O)N[C@@H](CCN)C(=O)N[C@H](C(=O)N[C@H](CCN)C(=O)N[C@@H](CCCCN)C(=O)N[C@@H](CS)C(=O)N[C@@H](CCN)C(=O)N[C@@H](CCCNC(=N)N)C(=O)N[C@@H](Cc1ccc(O)cc1)C(=O)O)[C@@H](C)O)C(C)(C)S. The van der Waals surface area contributed by atoms with Crippen molar-refractivity contribution in [3.63, 3.8) is 0 Å². The number of primary amides is 1. The summed E-state index contributed by atoms with van der Waals surface area (Å²) in [5.74, 6) is -20.3. The molecule has 774 valence electrons. The monoisotopic (exact) mass is 1990 g/mol. The molecule has 138 heavy (non-hydrogen) atoms. The van der Waals surface area contributed by atoms with Gasteiger partial charge in [0.25, 0.3) is 0 Å². The Morgan fingerprint density at radius 3 is 1.15 bits per heavy atom. The number of aliphatic hydroxyl groups is 2. The minimum absolute atomic E-state index is 0.0420. The molecule has 1 fully saturated rings. The second-order valence-corrected chi connectivity index (χ2v) is 36.2. The first-order valence-electron chi connectivity index (χ1n) is 45.7. The Balaban J connectivity index is 1.95. The summed E-state index contributed by atoms with van der Waals surface area (Å²) in [5.41, 5.74) is 53.0. The lowest BCUT2D eigenvalue weighted by atomic mass is 9.96. The maximum absolute atomic E-state index is 15.0. The van der Waals surface area contributed by atoms with E-state index in [1.54, 1.807) is 27.7 Å². The molecule has 0 spiro atoms. The molecular weight excluding hydrogens is 1840 g/mol. The third-order valence-corrected chi connectivity index (χ3v) is 23.1. The number of guanidine groups is 2. The maximum Gasteiger partial charge on any atom is 0.326 e. The van der Waals surface area contributed by atoms with Crippen LogP contribution in [0, 0.1) is 22.7 Å². The second kappa shape index (κ2) is 61.3. The third-order valence-electron chi connectivity index (χ3n) is 22.5. The lowest BCUT2D eigenvalue weighted by Gasteiger charge is -2.33. The number of unbranched alkanes of at least 4 members (excludes halogenated alkanes) is 2. The molecule has 2 aromatic carbocycles. The topological polar surface area (TPSA) is 869 Å². The fourth-order valence-electron chi connectivity index (χ4n) is 14.3. The van der Waals surface area contributed by atoms with Gasteiger partial charge < -0.3 is 167 Å². The fraction of sp³-hybridized carbons (Fsp3) is 0.640. The highest BCUT2D eigenvalue weighted by molar-refractivity contribution is 7.81. The number of hydrogen-bond donors (Lipinski definition) is 34. The Hall–Kier alpha value is -12.0. The van der Waals surface area contributed by atoms with Crippen molar-refractivity contribution in [2.75, 3.05) is 58.1 Å². The lowest BCUT2D eigenvalue weighted by Crippen LogP contribution is -2.64. The Bertz CT molecular complexity index is 4390. The van der Waals surface area contributed by atoms with Gasteiger partial charge in [-0.05, 0) is 184 Å². The van der Waals surface area contributed by atoms with Crippen LogP contribution in [0.2, 0.25) is 0 Å². The highest BCUT2D eigenvalue weighted by Gasteiger charge is 2.45. The van der Waals surface area contributed by atoms with E-state index < -0.39 is 251 Å². The number of carbonyl (C=O) groups excluding carboxylic acids is 16. The largest absolute Gasteiger partial charge is 0.508 e. The number of benzene rings is 2. The summed E-state index contributed by atoms with van der Waals surface area (Å²) < 4.78 is -1.62. The minimum Gasteiger partial charge on any atom is -0.508 e. The Morgan fingerprint density at radius 1 is 0.449 bits per heavy atom. The van der Waals surface area contributed by atoms with Crippen molar-refractivity contribution in [2.45, 2.75) is 278 Å². The summed E-state index contributed by atoms with van der Waals surface area (Å²) in [4.78, 5) is 242. The molecule has 1 aliphatic rings. The number of nitrogens with two attached hydrogens (primary N) is 9. The molecular formula is C86H146N28O22S2. The van der Waals surface area contributed by atoms with Gasteiger partial charge in [-0.25, -0.2) is 4.79 Å². The summed E-state index contributed by atoms with van der Waals surface area (Å²) in [6.45, 7) is 9.82. The second-order valence-electron chi connectivity index (χ2n) is 34.7. The molecule has 3 rings (SSSR count). The molecule has 0 aliphatic carbocycles. The first-order valence-corrected chi connectivity index (χ1v) is 46.8. The number of amides is 16. The van der Waals surface area contributed by atoms with Gasteiger partial charge >= 0.3 is 5.97 Å². The van der Waals surface area contributed by atoms with E-state index in [2.05, 4.69) is 110 Å². The number of aliphatic hydroxyl groups excluding tert-OH is 2. The van der Waals surface area contributed by atoms with Crippen LogP contribution in [0.4, 0.5) is 0 Å². The number of phenolic OH excluding ortho intramolecular Hbond substituents is 2. The molecule has 1 heterocycles. The van der Waals surface area contributed by atoms with Crippen LogP contribution < -0.4 is 137 Å². The zero-order valence-electron chi connectivity index (χ0n) is 79.0. The molecule has 52 heteroatoms. The van der Waals surface area contributed by atoms with Crippen molar-refractivity contribution in [3.05, 3.63) is 59.7 Å². The Kier molecular flexibility index (Phi) is 53.4. The number of phenols is 2. The number of carbonyl (C=O) groups is 17. The predicted molar refractivity (Wildman–Crippen MR) is 514 cm³/mol. The van der Waals surface area contributed by atoms with E-state index in [-0.39, 0.29) is 153 Å². The average Bonchev–Trinajstić information content (AvgIpc) is 1.37. The quantitative estimate of drug-likeness (QED) is 0.0127. The van der Waals surface area contributed by atoms with Crippen LogP contribution in [0.25, 0.3) is 0 Å². The van der Waals surface area contributed by atoms with Crippen LogP contribution in [0.15, 0.2) is 48.5 Å². The molecule has 41 N–H and O–H groups in total. The van der Waals surface area contributed by atoms with E-state index in [0.29, 0.717) is 30.4 Å². The maximum atomic E-state index is 15.0. The van der Waals surface area contributed by atoms with Gasteiger partial charge in [0.2, 0.25) is 94.5 Å². The van der Waals surface area contributed by atoms with Crippen molar-refractivity contribution < 1.29 is 107 Å². The number of aromatic hydroxyl groups is 2. The normalized spacial score (nSPS) is 16.7. The summed E-state index contributed by atoms with van der Waals surface area (Å²) in [6.07, 6.45) is -4.96. The van der Waals surface area contributed by atoms with Crippen molar-refractivity contribution >= 4 is 138 Å². The number of nitrogens with zero attached hydrogens (tertiary/aromatic N) is 1. The third kappa shape index (κ3) is 42.1. The molecule has 0 unspecified atom stereocenters. The van der Waals surface area contributed by atoms with Gasteiger partial charge in [-0.15, -0.1) is 0 Å². The number of carboxylic acids is 1. The smallest absolute Gasteiger partial charge is 0.326 e. The summed E-state index contributed by atoms with van der Waals surface area (Å²) in [5, 5.41) is 107. The number of β-amino-alcohol motifs (C(OH)–C–C–N with tert-alkyl or cyclic N) is 1. The lowest BCUT2D eigenvalue weighted by molar-refractivity contribution is -0.142. The van der Waals surface area contributed by atoms with Gasteiger partial charge in [0.15, 0.2) is 11.9 Å².